The maximum Gasteiger partial charge on any atom is 0.261 e. The van der Waals surface area contributed by atoms with E-state index in [1.54, 1.807) is 18.3 Å². The fourth-order valence-corrected chi connectivity index (χ4v) is 4.54. The number of anilines is 1. The third kappa shape index (κ3) is 6.60. The molecule has 1 heterocycles. The third-order valence-electron chi connectivity index (χ3n) is 5.61. The molecule has 9 heteroatoms. The van der Waals surface area contributed by atoms with Gasteiger partial charge in [0.1, 0.15) is 16.1 Å². The van der Waals surface area contributed by atoms with Crippen LogP contribution in [0.25, 0.3) is 0 Å². The highest BCUT2D eigenvalue weighted by atomic mass is 32.2. The first-order valence-corrected chi connectivity index (χ1v) is 12.3. The number of aromatic amines is 1. The highest BCUT2D eigenvalue weighted by molar-refractivity contribution is 7.90. The predicted molar refractivity (Wildman–Crippen MR) is 134 cm³/mol. The summed E-state index contributed by atoms with van der Waals surface area (Å²) in [6, 6.07) is 11.5. The van der Waals surface area contributed by atoms with Crippen molar-refractivity contribution in [3.63, 3.8) is 0 Å². The maximum absolute atomic E-state index is 12.6. The molecule has 1 unspecified atom stereocenters. The first-order chi connectivity index (χ1) is 15.7. The second-order valence-electron chi connectivity index (χ2n) is 9.24. The molecule has 0 radical (unpaired) electrons. The Morgan fingerprint density at radius 2 is 2.09 bits per heavy atom. The van der Waals surface area contributed by atoms with E-state index in [9.17, 15) is 14.6 Å². The summed E-state index contributed by atoms with van der Waals surface area (Å²) in [5.41, 5.74) is 8.28. The molecule has 0 aliphatic heterocycles. The van der Waals surface area contributed by atoms with Gasteiger partial charge >= 0.3 is 0 Å². The van der Waals surface area contributed by atoms with Gasteiger partial charge in [-0.05, 0) is 57.4 Å². The molecule has 0 amide bonds. The smallest absolute Gasteiger partial charge is 0.261 e. The number of pyridine rings is 1. The van der Waals surface area contributed by atoms with E-state index in [1.807, 2.05) is 39.0 Å². The zero-order valence-electron chi connectivity index (χ0n) is 19.4. The molecule has 1 fully saturated rings. The predicted octanol–water partition coefficient (Wildman–Crippen LogP) is 3.46. The van der Waals surface area contributed by atoms with E-state index in [0.29, 0.717) is 17.9 Å². The molecule has 0 bridgehead atoms. The Kier molecular flexibility index (Phi) is 8.19. The van der Waals surface area contributed by atoms with Crippen molar-refractivity contribution in [3.8, 4) is 6.07 Å². The number of nitrogens with zero attached hydrogens (tertiary/aromatic N) is 2. The van der Waals surface area contributed by atoms with Crippen LogP contribution >= 0.6 is 0 Å². The van der Waals surface area contributed by atoms with Crippen LogP contribution in [0.2, 0.25) is 0 Å². The van der Waals surface area contributed by atoms with E-state index in [2.05, 4.69) is 26.1 Å². The molecule has 5 N–H and O–H groups in total. The van der Waals surface area contributed by atoms with E-state index >= 15 is 0 Å². The number of rotatable bonds is 7. The molecule has 1 aromatic heterocycles. The van der Waals surface area contributed by atoms with E-state index in [4.69, 9.17) is 5.73 Å². The van der Waals surface area contributed by atoms with Gasteiger partial charge < -0.3 is 20.6 Å². The summed E-state index contributed by atoms with van der Waals surface area (Å²) in [7, 11) is 0. The summed E-state index contributed by atoms with van der Waals surface area (Å²) in [6.07, 6.45) is 5.35. The zero-order chi connectivity index (χ0) is 24.0. The average Bonchev–Trinajstić information content (AvgIpc) is 2.77. The number of nitrogens with two attached hydrogens (primary N) is 1. The maximum atomic E-state index is 12.6. The Labute approximate surface area is 198 Å². The number of H-pyrrole nitrogens is 1. The lowest BCUT2D eigenvalue weighted by molar-refractivity contribution is 0.388. The van der Waals surface area contributed by atoms with Gasteiger partial charge in [-0.3, -0.25) is 4.79 Å². The van der Waals surface area contributed by atoms with Crippen LogP contribution in [-0.2, 0) is 17.9 Å². The minimum atomic E-state index is -1.19. The number of nitriles is 1. The summed E-state index contributed by atoms with van der Waals surface area (Å²) in [6.45, 7) is 6.15. The number of aliphatic imine (C=N–C) groups is 1. The highest BCUT2D eigenvalue weighted by Gasteiger charge is 2.27. The standard InChI is InChI=1S/C24H32N6O2S/c1-24(2,3)33(32)28-15-16-7-6-9-18(13-16)29-22(26)21-20(11-12-27-23(21)31)30-19-10-5-4-8-17(19)14-25/h6-7,9,11-13,17,19,28H,4-5,8,10,15H2,1-3H3,(H2,26,29)(H2,27,30,31)/t17-,19+,33?/m1/s1. The third-order valence-corrected chi connectivity index (χ3v) is 7.13. The molecule has 1 aliphatic carbocycles. The van der Waals surface area contributed by atoms with Crippen LogP contribution in [0.15, 0.2) is 46.3 Å². The molecule has 0 saturated heterocycles. The Morgan fingerprint density at radius 3 is 2.82 bits per heavy atom. The Bertz CT molecular complexity index is 1090. The van der Waals surface area contributed by atoms with Crippen LogP contribution in [0.3, 0.4) is 0 Å². The molecule has 0 spiro atoms. The normalized spacial score (nSPS) is 20.2. The van der Waals surface area contributed by atoms with Crippen molar-refractivity contribution >= 4 is 28.6 Å². The molecule has 8 nitrogen and oxygen atoms in total. The van der Waals surface area contributed by atoms with Crippen LogP contribution in [0, 0.1) is 17.2 Å². The number of benzene rings is 1. The van der Waals surface area contributed by atoms with Gasteiger partial charge in [0.05, 0.1) is 29.9 Å². The molecular formula is C24H32N6O2S. The van der Waals surface area contributed by atoms with Crippen LogP contribution in [0.1, 0.15) is 57.6 Å². The lowest BCUT2D eigenvalue weighted by Gasteiger charge is -2.29. The van der Waals surface area contributed by atoms with Gasteiger partial charge in [0.15, 0.2) is 0 Å². The minimum Gasteiger partial charge on any atom is -0.598 e. The van der Waals surface area contributed by atoms with Gasteiger partial charge in [-0.2, -0.15) is 5.26 Å². The van der Waals surface area contributed by atoms with Crippen molar-refractivity contribution in [3.05, 3.63) is 58.0 Å². The van der Waals surface area contributed by atoms with Crippen molar-refractivity contribution in [2.75, 3.05) is 5.32 Å². The second-order valence-corrected chi connectivity index (χ2v) is 11.3. The van der Waals surface area contributed by atoms with Gasteiger partial charge in [-0.15, -0.1) is 4.72 Å². The van der Waals surface area contributed by atoms with Crippen molar-refractivity contribution < 1.29 is 4.55 Å². The Hall–Kier alpha value is -2.80. The first-order valence-electron chi connectivity index (χ1n) is 11.2. The molecule has 3 rings (SSSR count). The van der Waals surface area contributed by atoms with Crippen molar-refractivity contribution in [2.24, 2.45) is 16.6 Å². The monoisotopic (exact) mass is 468 g/mol. The van der Waals surface area contributed by atoms with E-state index in [-0.39, 0.29) is 33.7 Å². The second kappa shape index (κ2) is 10.9. The zero-order valence-corrected chi connectivity index (χ0v) is 20.2. The SMILES string of the molecule is CC(C)(C)[S+]([O-])NCc1cccc(N=C(N)c2c(N[C@H]3CCCC[C@@H]3C#N)cc[nH]c2=O)c1. The summed E-state index contributed by atoms with van der Waals surface area (Å²) >= 11 is -1.19. The molecule has 3 atom stereocenters. The molecule has 33 heavy (non-hydrogen) atoms. The topological polar surface area (TPSA) is 142 Å². The number of hydrogen-bond acceptors (Lipinski definition) is 6. The highest BCUT2D eigenvalue weighted by Crippen LogP contribution is 2.27. The quantitative estimate of drug-likeness (QED) is 0.278. The lowest BCUT2D eigenvalue weighted by Crippen LogP contribution is -2.38. The number of nitrogens with one attached hydrogen (secondary N) is 3. The fraction of sp³-hybridized carbons (Fsp3) is 0.458. The van der Waals surface area contributed by atoms with Crippen molar-refractivity contribution in [1.82, 2.24) is 9.71 Å². The van der Waals surface area contributed by atoms with Gasteiger partial charge in [0.25, 0.3) is 5.56 Å². The molecule has 1 aliphatic rings. The molecule has 2 aromatic rings. The van der Waals surface area contributed by atoms with Gasteiger partial charge in [-0.25, -0.2) is 4.99 Å². The molecule has 1 aromatic carbocycles. The largest absolute Gasteiger partial charge is 0.598 e. The van der Waals surface area contributed by atoms with E-state index in [0.717, 1.165) is 31.2 Å². The molecular weight excluding hydrogens is 436 g/mol. The number of amidine groups is 1. The van der Waals surface area contributed by atoms with Crippen LogP contribution in [-0.4, -0.2) is 26.2 Å². The Balaban J connectivity index is 1.82. The van der Waals surface area contributed by atoms with Crippen LogP contribution in [0.5, 0.6) is 0 Å². The van der Waals surface area contributed by atoms with Gasteiger partial charge in [-0.1, -0.05) is 25.0 Å². The van der Waals surface area contributed by atoms with Crippen molar-refractivity contribution in [2.45, 2.75) is 63.8 Å². The average molecular weight is 469 g/mol. The molecule has 176 valence electrons. The summed E-state index contributed by atoms with van der Waals surface area (Å²) in [5, 5.41) is 12.9. The lowest BCUT2D eigenvalue weighted by atomic mass is 9.85. The number of aromatic nitrogens is 1. The van der Waals surface area contributed by atoms with E-state index < -0.39 is 11.4 Å². The van der Waals surface area contributed by atoms with Crippen molar-refractivity contribution in [1.29, 1.82) is 5.26 Å². The minimum absolute atomic E-state index is 0.0322. The first kappa shape index (κ1) is 24.8. The summed E-state index contributed by atoms with van der Waals surface area (Å²) in [5.74, 6) is -0.0149. The van der Waals surface area contributed by atoms with E-state index in [1.165, 1.54) is 0 Å². The summed E-state index contributed by atoms with van der Waals surface area (Å²) < 4.78 is 14.9. The van der Waals surface area contributed by atoms with Gasteiger partial charge in [0.2, 0.25) is 0 Å². The van der Waals surface area contributed by atoms with Crippen LogP contribution < -0.4 is 21.3 Å². The summed E-state index contributed by atoms with van der Waals surface area (Å²) in [4.78, 5) is 19.8. The van der Waals surface area contributed by atoms with Gasteiger partial charge in [0, 0.05) is 23.6 Å². The fourth-order valence-electron chi connectivity index (χ4n) is 3.81. The molecule has 1 saturated carbocycles. The number of hydrogen-bond donors (Lipinski definition) is 4. The van der Waals surface area contributed by atoms with Crippen LogP contribution in [0.4, 0.5) is 11.4 Å². The Morgan fingerprint density at radius 1 is 1.33 bits per heavy atom.